The molecule has 1 heterocycles. The molecule has 148 valence electrons. The lowest BCUT2D eigenvalue weighted by Crippen LogP contribution is -2.15. The molecule has 0 bridgehead atoms. The largest absolute Gasteiger partial charge is 0.464 e. The highest BCUT2D eigenvalue weighted by atomic mass is 35.5. The van der Waals surface area contributed by atoms with E-state index >= 15 is 0 Å². The monoisotopic (exact) mass is 409 g/mol. The molecular weight excluding hydrogens is 391 g/mol. The van der Waals surface area contributed by atoms with Gasteiger partial charge < -0.3 is 9.73 Å². The van der Waals surface area contributed by atoms with Crippen LogP contribution in [-0.4, -0.2) is 5.91 Å². The summed E-state index contributed by atoms with van der Waals surface area (Å²) in [5.41, 5.74) is 1.36. The lowest BCUT2D eigenvalue weighted by molar-refractivity contribution is -0.137. The van der Waals surface area contributed by atoms with E-state index in [0.29, 0.717) is 11.1 Å². The summed E-state index contributed by atoms with van der Waals surface area (Å²) in [7, 11) is 0. The van der Waals surface area contributed by atoms with Gasteiger partial charge in [-0.15, -0.1) is 0 Å². The molecule has 0 unspecified atom stereocenters. The van der Waals surface area contributed by atoms with E-state index in [1.165, 1.54) is 6.26 Å². The fourth-order valence-electron chi connectivity index (χ4n) is 2.85. The molecule has 0 aliphatic carbocycles. The molecule has 28 heavy (non-hydrogen) atoms. The number of alkyl halides is 3. The molecule has 0 fully saturated rings. The number of fused-ring (bicyclic) bond motifs is 1. The molecule has 0 atom stereocenters. The highest BCUT2D eigenvalue weighted by Crippen LogP contribution is 2.34. The lowest BCUT2D eigenvalue weighted by Gasteiger charge is -2.18. The summed E-state index contributed by atoms with van der Waals surface area (Å²) in [6.45, 7) is 6.24. The molecule has 0 spiro atoms. The van der Waals surface area contributed by atoms with E-state index < -0.39 is 17.6 Å². The Balaban J connectivity index is 1.84. The first-order valence-electron chi connectivity index (χ1n) is 8.62. The van der Waals surface area contributed by atoms with Gasteiger partial charge in [0.15, 0.2) is 0 Å². The summed E-state index contributed by atoms with van der Waals surface area (Å²) in [5.74, 6) is -0.481. The Hall–Kier alpha value is -2.47. The quantitative estimate of drug-likeness (QED) is 0.530. The summed E-state index contributed by atoms with van der Waals surface area (Å²) in [6, 6.07) is 8.60. The average molecular weight is 410 g/mol. The molecule has 0 saturated carbocycles. The second-order valence-corrected chi connectivity index (χ2v) is 8.05. The summed E-state index contributed by atoms with van der Waals surface area (Å²) in [4.78, 5) is 12.4. The van der Waals surface area contributed by atoms with Crippen LogP contribution in [0.25, 0.3) is 11.0 Å². The summed E-state index contributed by atoms with van der Waals surface area (Å²) < 4.78 is 44.1. The molecular formula is C21H19ClF3NO2. The van der Waals surface area contributed by atoms with E-state index in [9.17, 15) is 18.0 Å². The number of nitrogens with one attached hydrogen (secondary N) is 1. The maximum atomic E-state index is 12.9. The molecule has 0 radical (unpaired) electrons. The fourth-order valence-corrected chi connectivity index (χ4v) is 3.01. The van der Waals surface area contributed by atoms with Crippen molar-refractivity contribution in [2.24, 2.45) is 0 Å². The zero-order chi connectivity index (χ0) is 20.7. The highest BCUT2D eigenvalue weighted by Gasteiger charge is 2.31. The molecule has 0 aliphatic heterocycles. The van der Waals surface area contributed by atoms with Crippen LogP contribution in [0.3, 0.4) is 0 Å². The van der Waals surface area contributed by atoms with E-state index in [-0.39, 0.29) is 22.5 Å². The zero-order valence-electron chi connectivity index (χ0n) is 15.6. The van der Waals surface area contributed by atoms with Crippen LogP contribution in [-0.2, 0) is 22.8 Å². The maximum absolute atomic E-state index is 12.9. The van der Waals surface area contributed by atoms with Gasteiger partial charge in [-0.05, 0) is 41.3 Å². The topological polar surface area (TPSA) is 42.2 Å². The minimum atomic E-state index is -4.52. The van der Waals surface area contributed by atoms with E-state index in [1.807, 2.05) is 18.2 Å². The summed E-state index contributed by atoms with van der Waals surface area (Å²) >= 11 is 5.94. The van der Waals surface area contributed by atoms with Crippen LogP contribution >= 0.6 is 11.6 Å². The Labute approximate surface area is 165 Å². The first kappa shape index (κ1) is 20.3. The predicted octanol–water partition coefficient (Wildman–Crippen LogP) is 6.58. The first-order chi connectivity index (χ1) is 12.9. The number of rotatable bonds is 3. The Kier molecular flexibility index (Phi) is 5.19. The van der Waals surface area contributed by atoms with Crippen LogP contribution in [0.15, 0.2) is 47.1 Å². The van der Waals surface area contributed by atoms with Crippen molar-refractivity contribution in [3.8, 4) is 0 Å². The number of anilines is 1. The number of carbonyl (C=O) groups is 1. The van der Waals surface area contributed by atoms with E-state index in [1.54, 1.807) is 0 Å². The minimum Gasteiger partial charge on any atom is -0.464 e. The average Bonchev–Trinajstić information content (AvgIpc) is 2.97. The van der Waals surface area contributed by atoms with Gasteiger partial charge in [0.25, 0.3) is 0 Å². The molecule has 3 aromatic rings. The fraction of sp³-hybridized carbons (Fsp3) is 0.286. The van der Waals surface area contributed by atoms with E-state index in [2.05, 4.69) is 26.1 Å². The van der Waals surface area contributed by atoms with Gasteiger partial charge in [0.2, 0.25) is 5.91 Å². The highest BCUT2D eigenvalue weighted by molar-refractivity contribution is 6.33. The van der Waals surface area contributed by atoms with Crippen molar-refractivity contribution in [2.75, 3.05) is 5.32 Å². The van der Waals surface area contributed by atoms with Crippen molar-refractivity contribution in [3.63, 3.8) is 0 Å². The zero-order valence-corrected chi connectivity index (χ0v) is 16.3. The van der Waals surface area contributed by atoms with Gasteiger partial charge in [-0.25, -0.2) is 0 Å². The van der Waals surface area contributed by atoms with Crippen molar-refractivity contribution in [1.29, 1.82) is 0 Å². The number of carbonyl (C=O) groups excluding carboxylic acids is 1. The smallest absolute Gasteiger partial charge is 0.416 e. The molecule has 7 heteroatoms. The third kappa shape index (κ3) is 4.33. The third-order valence-corrected chi connectivity index (χ3v) is 4.77. The molecule has 2 aromatic carbocycles. The first-order valence-corrected chi connectivity index (χ1v) is 9.00. The number of furan rings is 1. The van der Waals surface area contributed by atoms with Gasteiger partial charge in [0.1, 0.15) is 5.58 Å². The second-order valence-electron chi connectivity index (χ2n) is 7.64. The summed E-state index contributed by atoms with van der Waals surface area (Å²) in [5, 5.41) is 3.30. The van der Waals surface area contributed by atoms with Crippen LogP contribution in [0.2, 0.25) is 5.02 Å². The molecule has 3 rings (SSSR count). The van der Waals surface area contributed by atoms with Crippen LogP contribution in [0, 0.1) is 0 Å². The maximum Gasteiger partial charge on any atom is 0.416 e. The summed E-state index contributed by atoms with van der Waals surface area (Å²) in [6.07, 6.45) is -3.08. The van der Waals surface area contributed by atoms with Crippen LogP contribution < -0.4 is 5.32 Å². The van der Waals surface area contributed by atoms with Gasteiger partial charge in [-0.2, -0.15) is 13.2 Å². The van der Waals surface area contributed by atoms with Crippen molar-refractivity contribution in [3.05, 3.63) is 64.4 Å². The van der Waals surface area contributed by atoms with Gasteiger partial charge in [-0.3, -0.25) is 4.79 Å². The number of halogens is 4. The van der Waals surface area contributed by atoms with Crippen LogP contribution in [0.1, 0.15) is 37.5 Å². The van der Waals surface area contributed by atoms with Crippen molar-refractivity contribution >= 4 is 34.2 Å². The Morgan fingerprint density at radius 1 is 1.07 bits per heavy atom. The van der Waals surface area contributed by atoms with Gasteiger partial charge in [-0.1, -0.05) is 38.4 Å². The third-order valence-electron chi connectivity index (χ3n) is 4.44. The molecule has 1 amide bonds. The normalized spacial score (nSPS) is 12.4. The number of hydrogen-bond acceptors (Lipinski definition) is 2. The van der Waals surface area contributed by atoms with Gasteiger partial charge in [0.05, 0.1) is 29.0 Å². The second kappa shape index (κ2) is 7.17. The molecule has 1 aromatic heterocycles. The van der Waals surface area contributed by atoms with Crippen molar-refractivity contribution < 1.29 is 22.4 Å². The van der Waals surface area contributed by atoms with Crippen LogP contribution in [0.4, 0.5) is 18.9 Å². The minimum absolute atomic E-state index is 0.0356. The van der Waals surface area contributed by atoms with E-state index in [0.717, 1.165) is 29.1 Å². The van der Waals surface area contributed by atoms with Gasteiger partial charge >= 0.3 is 6.18 Å². The predicted molar refractivity (Wildman–Crippen MR) is 104 cm³/mol. The van der Waals surface area contributed by atoms with Crippen LogP contribution in [0.5, 0.6) is 0 Å². The Bertz CT molecular complexity index is 1030. The lowest BCUT2D eigenvalue weighted by atomic mass is 9.86. The number of benzene rings is 2. The Morgan fingerprint density at radius 3 is 2.39 bits per heavy atom. The standard InChI is InChI=1S/C21H19ClF3NO2/c1-20(2,3)13-5-7-18-15(9-13)12(11-28-18)8-19(27)26-17-10-14(21(23,24)25)4-6-16(17)22/h4-7,9-11H,8H2,1-3H3,(H,26,27). The Morgan fingerprint density at radius 2 is 1.75 bits per heavy atom. The molecule has 0 aliphatic rings. The number of amides is 1. The molecule has 1 N–H and O–H groups in total. The molecule has 3 nitrogen and oxygen atoms in total. The number of hydrogen-bond donors (Lipinski definition) is 1. The van der Waals surface area contributed by atoms with Crippen molar-refractivity contribution in [1.82, 2.24) is 0 Å². The van der Waals surface area contributed by atoms with Crippen molar-refractivity contribution in [2.45, 2.75) is 38.8 Å². The van der Waals surface area contributed by atoms with Gasteiger partial charge in [0, 0.05) is 10.9 Å². The SMILES string of the molecule is CC(C)(C)c1ccc2occ(CC(=O)Nc3cc(C(F)(F)F)ccc3Cl)c2c1. The molecule has 0 saturated heterocycles. The van der Waals surface area contributed by atoms with E-state index in [4.69, 9.17) is 16.0 Å².